The van der Waals surface area contributed by atoms with Crippen molar-refractivity contribution in [3.8, 4) is 0 Å². The largest absolute Gasteiger partial charge is 0.394 e. The highest BCUT2D eigenvalue weighted by Gasteiger charge is 2.04. The van der Waals surface area contributed by atoms with Crippen molar-refractivity contribution in [2.24, 2.45) is 5.92 Å². The maximum atomic E-state index is 11.0. The van der Waals surface area contributed by atoms with E-state index in [-0.39, 0.29) is 5.56 Å². The molecular weight excluding hydrogens is 154 g/mol. The zero-order valence-electron chi connectivity index (χ0n) is 7.29. The first-order chi connectivity index (χ1) is 5.61. The predicted molar refractivity (Wildman–Crippen MR) is 47.8 cm³/mol. The first-order valence-corrected chi connectivity index (χ1v) is 3.93. The number of aromatic amines is 1. The Morgan fingerprint density at radius 2 is 2.33 bits per heavy atom. The molecule has 66 valence electrons. The van der Waals surface area contributed by atoms with E-state index < -0.39 is 0 Å². The first-order valence-electron chi connectivity index (χ1n) is 3.93. The lowest BCUT2D eigenvalue weighted by Gasteiger charge is -2.05. The predicted octanol–water partition coefficient (Wildman–Crippen LogP) is 0.551. The average molecular weight is 167 g/mol. The fourth-order valence-corrected chi connectivity index (χ4v) is 1.05. The van der Waals surface area contributed by atoms with Crippen molar-refractivity contribution in [3.63, 3.8) is 0 Å². The van der Waals surface area contributed by atoms with Gasteiger partial charge in [-0.2, -0.15) is 5.10 Å². The highest BCUT2D eigenvalue weighted by atomic mass is 16.1. The van der Waals surface area contributed by atoms with Crippen LogP contribution in [0.15, 0.2) is 11.0 Å². The molecule has 0 bridgehead atoms. The molecule has 1 heterocycles. The number of nitrogens with two attached hydrogens (primary N) is 1. The first kappa shape index (κ1) is 8.77. The van der Waals surface area contributed by atoms with Crippen molar-refractivity contribution in [1.82, 2.24) is 10.2 Å². The molecule has 1 aromatic rings. The van der Waals surface area contributed by atoms with Gasteiger partial charge in [-0.15, -0.1) is 0 Å². The minimum absolute atomic E-state index is 0.290. The van der Waals surface area contributed by atoms with E-state index in [4.69, 9.17) is 5.73 Å². The molecule has 0 atom stereocenters. The number of anilines is 1. The summed E-state index contributed by atoms with van der Waals surface area (Å²) in [5.41, 5.74) is 6.37. The van der Waals surface area contributed by atoms with Crippen molar-refractivity contribution in [2.75, 3.05) is 5.73 Å². The number of aromatic nitrogens is 2. The second kappa shape index (κ2) is 3.38. The van der Waals surface area contributed by atoms with Crippen LogP contribution in [0.3, 0.4) is 0 Å². The third-order valence-electron chi connectivity index (χ3n) is 1.61. The van der Waals surface area contributed by atoms with Gasteiger partial charge in [-0.1, -0.05) is 13.8 Å². The Morgan fingerprint density at radius 1 is 1.67 bits per heavy atom. The Morgan fingerprint density at radius 3 is 2.92 bits per heavy atom. The molecule has 0 aliphatic carbocycles. The number of nitrogens with one attached hydrogen (secondary N) is 1. The van der Waals surface area contributed by atoms with Gasteiger partial charge in [0.05, 0.1) is 6.20 Å². The number of nitrogen functional groups attached to an aromatic ring is 1. The van der Waals surface area contributed by atoms with E-state index in [1.165, 1.54) is 0 Å². The van der Waals surface area contributed by atoms with Crippen LogP contribution >= 0.6 is 0 Å². The molecule has 0 aliphatic heterocycles. The molecule has 0 saturated carbocycles. The van der Waals surface area contributed by atoms with Crippen LogP contribution in [-0.4, -0.2) is 10.2 Å². The van der Waals surface area contributed by atoms with E-state index >= 15 is 0 Å². The summed E-state index contributed by atoms with van der Waals surface area (Å²) in [6, 6.07) is 0. The molecule has 0 aliphatic rings. The van der Waals surface area contributed by atoms with Gasteiger partial charge in [-0.05, 0) is 12.3 Å². The zero-order chi connectivity index (χ0) is 9.14. The molecule has 0 spiro atoms. The number of nitrogens with zero attached hydrogens (tertiary/aromatic N) is 1. The van der Waals surface area contributed by atoms with Gasteiger partial charge in [0.1, 0.15) is 5.69 Å². The quantitative estimate of drug-likeness (QED) is 0.675. The summed E-state index contributed by atoms with van der Waals surface area (Å²) in [7, 11) is 0. The molecule has 0 saturated heterocycles. The maximum Gasteiger partial charge on any atom is 0.287 e. The third kappa shape index (κ3) is 1.84. The Kier molecular flexibility index (Phi) is 2.47. The zero-order valence-corrected chi connectivity index (χ0v) is 7.29. The number of rotatable bonds is 2. The number of hydrogen-bond donors (Lipinski definition) is 2. The van der Waals surface area contributed by atoms with E-state index in [9.17, 15) is 4.79 Å². The van der Waals surface area contributed by atoms with Crippen LogP contribution in [0.1, 0.15) is 19.4 Å². The number of hydrogen-bond acceptors (Lipinski definition) is 3. The third-order valence-corrected chi connectivity index (χ3v) is 1.61. The van der Waals surface area contributed by atoms with Gasteiger partial charge in [0.25, 0.3) is 5.56 Å². The highest BCUT2D eigenvalue weighted by Crippen LogP contribution is 2.09. The molecule has 3 N–H and O–H groups in total. The van der Waals surface area contributed by atoms with Crippen molar-refractivity contribution < 1.29 is 0 Å². The Hall–Kier alpha value is -1.32. The van der Waals surface area contributed by atoms with E-state index in [0.29, 0.717) is 11.6 Å². The average Bonchev–Trinajstić information content (AvgIpc) is 1.98. The van der Waals surface area contributed by atoms with Gasteiger partial charge in [-0.3, -0.25) is 4.79 Å². The Balaban J connectivity index is 3.00. The molecule has 4 nitrogen and oxygen atoms in total. The van der Waals surface area contributed by atoms with Crippen LogP contribution in [0.5, 0.6) is 0 Å². The van der Waals surface area contributed by atoms with E-state index in [1.54, 1.807) is 6.20 Å². The van der Waals surface area contributed by atoms with Gasteiger partial charge in [-0.25, -0.2) is 5.10 Å². The minimum Gasteiger partial charge on any atom is -0.394 e. The van der Waals surface area contributed by atoms with E-state index in [0.717, 1.165) is 12.0 Å². The maximum absolute atomic E-state index is 11.0. The molecule has 0 unspecified atom stereocenters. The van der Waals surface area contributed by atoms with Gasteiger partial charge in [0.2, 0.25) is 0 Å². The fourth-order valence-electron chi connectivity index (χ4n) is 1.05. The smallest absolute Gasteiger partial charge is 0.287 e. The Labute approximate surface area is 70.8 Å². The molecular formula is C8H13N3O. The van der Waals surface area contributed by atoms with Crippen molar-refractivity contribution in [2.45, 2.75) is 20.3 Å². The normalized spacial score (nSPS) is 10.6. The SMILES string of the molecule is CC(C)Cc1cn[nH]c(=O)c1N. The molecule has 12 heavy (non-hydrogen) atoms. The molecule has 0 amide bonds. The fraction of sp³-hybridized carbons (Fsp3) is 0.500. The molecule has 0 fully saturated rings. The van der Waals surface area contributed by atoms with E-state index in [2.05, 4.69) is 24.0 Å². The van der Waals surface area contributed by atoms with Crippen LogP contribution in [-0.2, 0) is 6.42 Å². The lowest BCUT2D eigenvalue weighted by Crippen LogP contribution is -2.16. The molecule has 4 heteroatoms. The molecule has 1 rings (SSSR count). The van der Waals surface area contributed by atoms with Gasteiger partial charge in [0, 0.05) is 5.56 Å². The summed E-state index contributed by atoms with van der Waals surface area (Å²) in [5, 5.41) is 5.96. The van der Waals surface area contributed by atoms with Gasteiger partial charge in [0.15, 0.2) is 0 Å². The standard InChI is InChI=1S/C8H13N3O/c1-5(2)3-6-4-10-11-8(12)7(6)9/h4-5H,3H2,1-2H3,(H2,9,10)(H,11,12). The monoisotopic (exact) mass is 167 g/mol. The van der Waals surface area contributed by atoms with Crippen LogP contribution in [0, 0.1) is 5.92 Å². The van der Waals surface area contributed by atoms with Crippen molar-refractivity contribution in [3.05, 3.63) is 22.1 Å². The second-order valence-corrected chi connectivity index (χ2v) is 3.24. The summed E-state index contributed by atoms with van der Waals surface area (Å²) in [6.45, 7) is 4.14. The van der Waals surface area contributed by atoms with Crippen LogP contribution in [0.25, 0.3) is 0 Å². The lowest BCUT2D eigenvalue weighted by molar-refractivity contribution is 0.644. The molecule has 0 radical (unpaired) electrons. The Bertz CT molecular complexity index is 316. The van der Waals surface area contributed by atoms with Gasteiger partial charge >= 0.3 is 0 Å². The lowest BCUT2D eigenvalue weighted by atomic mass is 10.0. The summed E-state index contributed by atoms with van der Waals surface area (Å²) in [6.07, 6.45) is 2.40. The minimum atomic E-state index is -0.298. The van der Waals surface area contributed by atoms with Crippen molar-refractivity contribution >= 4 is 5.69 Å². The second-order valence-electron chi connectivity index (χ2n) is 3.24. The summed E-state index contributed by atoms with van der Waals surface area (Å²) < 4.78 is 0. The summed E-state index contributed by atoms with van der Waals surface area (Å²) in [5.74, 6) is 0.482. The highest BCUT2D eigenvalue weighted by molar-refractivity contribution is 5.42. The summed E-state index contributed by atoms with van der Waals surface area (Å²) in [4.78, 5) is 11.0. The summed E-state index contributed by atoms with van der Waals surface area (Å²) >= 11 is 0. The molecule has 1 aromatic heterocycles. The number of H-pyrrole nitrogens is 1. The van der Waals surface area contributed by atoms with Gasteiger partial charge < -0.3 is 5.73 Å². The van der Waals surface area contributed by atoms with E-state index in [1.807, 2.05) is 0 Å². The van der Waals surface area contributed by atoms with Crippen molar-refractivity contribution in [1.29, 1.82) is 0 Å². The van der Waals surface area contributed by atoms with Crippen LogP contribution < -0.4 is 11.3 Å². The van der Waals surface area contributed by atoms with Crippen LogP contribution in [0.4, 0.5) is 5.69 Å². The topological polar surface area (TPSA) is 71.8 Å². The molecule has 0 aromatic carbocycles. The van der Waals surface area contributed by atoms with Crippen LogP contribution in [0.2, 0.25) is 0 Å².